The molecule has 0 aromatic heterocycles. The Bertz CT molecular complexity index is 248. The highest BCUT2D eigenvalue weighted by Crippen LogP contribution is 2.09. The minimum atomic E-state index is 0.0526. The maximum Gasteiger partial charge on any atom is 0.119 e. The fraction of sp³-hybridized carbons (Fsp3) is 0.500. The van der Waals surface area contributed by atoms with Crippen LogP contribution in [0.25, 0.3) is 0 Å². The SMILES string of the molecule is C[C@@H](COc1ccccc1)OCCCO. The predicted molar refractivity (Wildman–Crippen MR) is 59.1 cm³/mol. The van der Waals surface area contributed by atoms with Gasteiger partial charge in [0.1, 0.15) is 12.4 Å². The third kappa shape index (κ3) is 5.40. The standard InChI is InChI=1S/C12H18O3/c1-11(14-9-5-8-13)10-15-12-6-3-2-4-7-12/h2-4,6-7,11,13H,5,8-10H2,1H3/t11-/m0/s1. The molecule has 0 spiro atoms. The second kappa shape index (κ2) is 7.26. The van der Waals surface area contributed by atoms with Gasteiger partial charge < -0.3 is 14.6 Å². The molecule has 1 rings (SSSR count). The topological polar surface area (TPSA) is 38.7 Å². The van der Waals surface area contributed by atoms with E-state index in [0.717, 1.165) is 5.75 Å². The maximum atomic E-state index is 8.58. The number of aliphatic hydroxyl groups excluding tert-OH is 1. The van der Waals surface area contributed by atoms with E-state index in [1.54, 1.807) is 0 Å². The molecule has 0 aliphatic rings. The van der Waals surface area contributed by atoms with Crippen LogP contribution in [0.5, 0.6) is 5.75 Å². The Kier molecular flexibility index (Phi) is 5.81. The van der Waals surface area contributed by atoms with Crippen molar-refractivity contribution >= 4 is 0 Å². The van der Waals surface area contributed by atoms with Gasteiger partial charge in [-0.05, 0) is 25.5 Å². The monoisotopic (exact) mass is 210 g/mol. The van der Waals surface area contributed by atoms with Crippen LogP contribution >= 0.6 is 0 Å². The number of para-hydroxylation sites is 1. The molecule has 0 aliphatic carbocycles. The summed E-state index contributed by atoms with van der Waals surface area (Å²) >= 11 is 0. The van der Waals surface area contributed by atoms with Gasteiger partial charge in [0, 0.05) is 13.2 Å². The van der Waals surface area contributed by atoms with Crippen LogP contribution in [0.1, 0.15) is 13.3 Å². The molecule has 0 saturated heterocycles. The van der Waals surface area contributed by atoms with Crippen LogP contribution in [0.15, 0.2) is 30.3 Å². The molecule has 0 amide bonds. The van der Waals surface area contributed by atoms with Gasteiger partial charge in [-0.3, -0.25) is 0 Å². The van der Waals surface area contributed by atoms with E-state index in [1.807, 2.05) is 37.3 Å². The van der Waals surface area contributed by atoms with Crippen molar-refractivity contribution in [3.63, 3.8) is 0 Å². The molecule has 3 heteroatoms. The van der Waals surface area contributed by atoms with Crippen molar-refractivity contribution in [1.29, 1.82) is 0 Å². The summed E-state index contributed by atoms with van der Waals surface area (Å²) < 4.78 is 10.9. The van der Waals surface area contributed by atoms with Crippen LogP contribution in [0, 0.1) is 0 Å². The van der Waals surface area contributed by atoms with Crippen LogP contribution < -0.4 is 4.74 Å². The summed E-state index contributed by atoms with van der Waals surface area (Å²) in [7, 11) is 0. The zero-order chi connectivity index (χ0) is 10.9. The molecule has 0 saturated carbocycles. The normalized spacial score (nSPS) is 12.4. The number of ether oxygens (including phenoxy) is 2. The van der Waals surface area contributed by atoms with Crippen molar-refractivity contribution in [1.82, 2.24) is 0 Å². The molecule has 0 bridgehead atoms. The van der Waals surface area contributed by atoms with Crippen molar-refractivity contribution in [3.8, 4) is 5.75 Å². The largest absolute Gasteiger partial charge is 0.491 e. The Morgan fingerprint density at radius 2 is 2.00 bits per heavy atom. The lowest BCUT2D eigenvalue weighted by Gasteiger charge is -2.13. The molecule has 0 aliphatic heterocycles. The molecule has 1 aromatic rings. The molecule has 1 atom stereocenters. The van der Waals surface area contributed by atoms with Crippen LogP contribution in [-0.4, -0.2) is 31.0 Å². The first kappa shape index (κ1) is 12.0. The van der Waals surface area contributed by atoms with Crippen molar-refractivity contribution in [3.05, 3.63) is 30.3 Å². The molecule has 0 fully saturated rings. The Hall–Kier alpha value is -1.06. The van der Waals surface area contributed by atoms with E-state index < -0.39 is 0 Å². The summed E-state index contributed by atoms with van der Waals surface area (Å²) in [5, 5.41) is 8.58. The first-order valence-corrected chi connectivity index (χ1v) is 5.23. The second-order valence-electron chi connectivity index (χ2n) is 3.38. The number of aliphatic hydroxyl groups is 1. The van der Waals surface area contributed by atoms with Gasteiger partial charge in [-0.15, -0.1) is 0 Å². The molecule has 1 aromatic carbocycles. The van der Waals surface area contributed by atoms with Gasteiger partial charge in [0.2, 0.25) is 0 Å². The third-order valence-corrected chi connectivity index (χ3v) is 1.93. The maximum absolute atomic E-state index is 8.58. The first-order chi connectivity index (χ1) is 7.33. The summed E-state index contributed by atoms with van der Waals surface area (Å²) in [5.41, 5.74) is 0. The van der Waals surface area contributed by atoms with Gasteiger partial charge in [0.05, 0.1) is 6.10 Å². The molecule has 15 heavy (non-hydrogen) atoms. The summed E-state index contributed by atoms with van der Waals surface area (Å²) in [6, 6.07) is 9.66. The van der Waals surface area contributed by atoms with Crippen LogP contribution in [0.3, 0.4) is 0 Å². The Balaban J connectivity index is 2.14. The average molecular weight is 210 g/mol. The molecule has 0 heterocycles. The number of hydrogen-bond donors (Lipinski definition) is 1. The van der Waals surface area contributed by atoms with Gasteiger partial charge in [0.15, 0.2) is 0 Å². The van der Waals surface area contributed by atoms with E-state index in [2.05, 4.69) is 0 Å². The van der Waals surface area contributed by atoms with Gasteiger partial charge in [-0.2, -0.15) is 0 Å². The van der Waals surface area contributed by atoms with E-state index in [9.17, 15) is 0 Å². The van der Waals surface area contributed by atoms with Gasteiger partial charge >= 0.3 is 0 Å². The summed E-state index contributed by atoms with van der Waals surface area (Å²) in [5.74, 6) is 0.857. The summed E-state index contributed by atoms with van der Waals surface area (Å²) in [6.07, 6.45) is 0.729. The van der Waals surface area contributed by atoms with Gasteiger partial charge in [-0.1, -0.05) is 18.2 Å². The molecular weight excluding hydrogens is 192 g/mol. The summed E-state index contributed by atoms with van der Waals surface area (Å²) in [6.45, 7) is 3.25. The van der Waals surface area contributed by atoms with Crippen LogP contribution in [0.4, 0.5) is 0 Å². The zero-order valence-corrected chi connectivity index (χ0v) is 9.06. The molecule has 84 valence electrons. The molecule has 0 unspecified atom stereocenters. The number of rotatable bonds is 7. The summed E-state index contributed by atoms with van der Waals surface area (Å²) in [4.78, 5) is 0. The van der Waals surface area contributed by atoms with E-state index in [4.69, 9.17) is 14.6 Å². The lowest BCUT2D eigenvalue weighted by molar-refractivity contribution is 0.0255. The van der Waals surface area contributed by atoms with Crippen LogP contribution in [0.2, 0.25) is 0 Å². The molecular formula is C12H18O3. The Morgan fingerprint density at radius 3 is 2.67 bits per heavy atom. The molecule has 1 N–H and O–H groups in total. The lowest BCUT2D eigenvalue weighted by atomic mass is 10.3. The molecule has 3 nitrogen and oxygen atoms in total. The second-order valence-corrected chi connectivity index (χ2v) is 3.38. The minimum Gasteiger partial charge on any atom is -0.491 e. The lowest BCUT2D eigenvalue weighted by Crippen LogP contribution is -2.19. The average Bonchev–Trinajstić information content (AvgIpc) is 2.28. The highest BCUT2D eigenvalue weighted by Gasteiger charge is 2.02. The third-order valence-electron chi connectivity index (χ3n) is 1.93. The quantitative estimate of drug-likeness (QED) is 0.698. The van der Waals surface area contributed by atoms with Gasteiger partial charge in [0.25, 0.3) is 0 Å². The van der Waals surface area contributed by atoms with Crippen molar-refractivity contribution < 1.29 is 14.6 Å². The first-order valence-electron chi connectivity index (χ1n) is 5.23. The van der Waals surface area contributed by atoms with Crippen molar-refractivity contribution in [2.75, 3.05) is 19.8 Å². The highest BCUT2D eigenvalue weighted by atomic mass is 16.5. The van der Waals surface area contributed by atoms with E-state index in [0.29, 0.717) is 19.6 Å². The van der Waals surface area contributed by atoms with Crippen LogP contribution in [-0.2, 0) is 4.74 Å². The minimum absolute atomic E-state index is 0.0526. The zero-order valence-electron chi connectivity index (χ0n) is 9.06. The number of hydrogen-bond acceptors (Lipinski definition) is 3. The Morgan fingerprint density at radius 1 is 1.27 bits per heavy atom. The molecule has 0 radical (unpaired) electrons. The van der Waals surface area contributed by atoms with Crippen molar-refractivity contribution in [2.45, 2.75) is 19.4 Å². The smallest absolute Gasteiger partial charge is 0.119 e. The van der Waals surface area contributed by atoms with E-state index in [-0.39, 0.29) is 12.7 Å². The fourth-order valence-electron chi connectivity index (χ4n) is 1.13. The van der Waals surface area contributed by atoms with Gasteiger partial charge in [-0.25, -0.2) is 0 Å². The van der Waals surface area contributed by atoms with Crippen molar-refractivity contribution in [2.24, 2.45) is 0 Å². The predicted octanol–water partition coefficient (Wildman–Crippen LogP) is 1.85. The number of benzene rings is 1. The highest BCUT2D eigenvalue weighted by molar-refractivity contribution is 5.20. The Labute approximate surface area is 90.6 Å². The van der Waals surface area contributed by atoms with E-state index >= 15 is 0 Å². The fourth-order valence-corrected chi connectivity index (χ4v) is 1.13. The van der Waals surface area contributed by atoms with E-state index in [1.165, 1.54) is 0 Å².